The minimum atomic E-state index is 0.597. The van der Waals surface area contributed by atoms with Gasteiger partial charge in [0.25, 0.3) is 0 Å². The van der Waals surface area contributed by atoms with Gasteiger partial charge in [-0.05, 0) is 31.3 Å². The normalized spacial score (nSPS) is 29.0. The van der Waals surface area contributed by atoms with Crippen LogP contribution in [0.25, 0.3) is 0 Å². The average molecular weight is 126 g/mol. The average Bonchev–Trinajstić information content (AvgIpc) is 1.97. The van der Waals surface area contributed by atoms with Crippen molar-refractivity contribution in [1.29, 1.82) is 0 Å². The van der Waals surface area contributed by atoms with Crippen molar-refractivity contribution in [2.75, 3.05) is 0 Å². The molecule has 0 amide bonds. The molecule has 0 saturated carbocycles. The summed E-state index contributed by atoms with van der Waals surface area (Å²) in [5.41, 5.74) is 0. The number of hydrogen-bond donors (Lipinski definition) is 1. The molecule has 0 aromatic carbocycles. The molecule has 0 spiro atoms. The Labute approximate surface area is 56.4 Å². The zero-order valence-electron chi connectivity index (χ0n) is 5.93. The van der Waals surface area contributed by atoms with E-state index in [0.29, 0.717) is 5.76 Å². The van der Waals surface area contributed by atoms with Crippen molar-refractivity contribution < 1.29 is 5.11 Å². The monoisotopic (exact) mass is 126 g/mol. The van der Waals surface area contributed by atoms with E-state index in [2.05, 4.69) is 6.92 Å². The van der Waals surface area contributed by atoms with Gasteiger partial charge in [0, 0.05) is 6.42 Å². The highest BCUT2D eigenvalue weighted by atomic mass is 16.3. The zero-order chi connectivity index (χ0) is 6.69. The van der Waals surface area contributed by atoms with E-state index in [0.717, 1.165) is 25.2 Å². The van der Waals surface area contributed by atoms with Crippen LogP contribution < -0.4 is 0 Å². The highest BCUT2D eigenvalue weighted by molar-refractivity contribution is 4.93. The van der Waals surface area contributed by atoms with Gasteiger partial charge in [-0.3, -0.25) is 0 Å². The Bertz CT molecular complexity index is 116. The molecule has 0 bridgehead atoms. The van der Waals surface area contributed by atoms with Crippen molar-refractivity contribution in [1.82, 2.24) is 0 Å². The number of rotatable bonds is 0. The first-order valence-corrected chi connectivity index (χ1v) is 3.67. The summed E-state index contributed by atoms with van der Waals surface area (Å²) in [4.78, 5) is 0. The van der Waals surface area contributed by atoms with Gasteiger partial charge in [-0.25, -0.2) is 0 Å². The van der Waals surface area contributed by atoms with Crippen LogP contribution in [0.2, 0.25) is 0 Å². The second kappa shape index (κ2) is 2.90. The maximum absolute atomic E-state index is 9.07. The smallest absolute Gasteiger partial charge is 0.0882 e. The third-order valence-electron chi connectivity index (χ3n) is 1.93. The minimum Gasteiger partial charge on any atom is -0.513 e. The third-order valence-corrected chi connectivity index (χ3v) is 1.93. The maximum atomic E-state index is 9.07. The third kappa shape index (κ3) is 2.08. The molecule has 0 aromatic rings. The Kier molecular flexibility index (Phi) is 2.15. The highest BCUT2D eigenvalue weighted by Crippen LogP contribution is 2.20. The van der Waals surface area contributed by atoms with E-state index in [-0.39, 0.29) is 0 Å². The first-order valence-electron chi connectivity index (χ1n) is 3.67. The molecule has 52 valence electrons. The molecule has 0 fully saturated rings. The van der Waals surface area contributed by atoms with Gasteiger partial charge in [0.2, 0.25) is 0 Å². The van der Waals surface area contributed by atoms with Gasteiger partial charge in [0.1, 0.15) is 0 Å². The van der Waals surface area contributed by atoms with Gasteiger partial charge in [-0.15, -0.1) is 0 Å². The summed E-state index contributed by atoms with van der Waals surface area (Å²) < 4.78 is 0. The van der Waals surface area contributed by atoms with E-state index in [1.807, 2.05) is 6.08 Å². The van der Waals surface area contributed by atoms with E-state index in [4.69, 9.17) is 5.11 Å². The van der Waals surface area contributed by atoms with Crippen LogP contribution in [0.1, 0.15) is 32.6 Å². The van der Waals surface area contributed by atoms with Gasteiger partial charge in [-0.2, -0.15) is 0 Å². The van der Waals surface area contributed by atoms with Crippen LogP contribution in [0.3, 0.4) is 0 Å². The van der Waals surface area contributed by atoms with E-state index in [1.165, 1.54) is 6.42 Å². The molecule has 1 N–H and O–H groups in total. The van der Waals surface area contributed by atoms with Gasteiger partial charge in [0.05, 0.1) is 5.76 Å². The molecular formula is C8H14O. The van der Waals surface area contributed by atoms with Crippen LogP contribution in [-0.4, -0.2) is 5.11 Å². The fourth-order valence-corrected chi connectivity index (χ4v) is 1.18. The van der Waals surface area contributed by atoms with Crippen LogP contribution >= 0.6 is 0 Å². The molecule has 0 unspecified atom stereocenters. The van der Waals surface area contributed by atoms with Gasteiger partial charge < -0.3 is 5.11 Å². The van der Waals surface area contributed by atoms with Crippen molar-refractivity contribution in [3.05, 3.63) is 11.8 Å². The molecule has 0 heterocycles. The van der Waals surface area contributed by atoms with Crippen molar-refractivity contribution in [2.45, 2.75) is 32.6 Å². The molecule has 1 nitrogen and oxygen atoms in total. The van der Waals surface area contributed by atoms with Crippen molar-refractivity contribution >= 4 is 0 Å². The highest BCUT2D eigenvalue weighted by Gasteiger charge is 2.06. The molecular weight excluding hydrogens is 112 g/mol. The van der Waals surface area contributed by atoms with Crippen molar-refractivity contribution in [3.63, 3.8) is 0 Å². The van der Waals surface area contributed by atoms with E-state index in [9.17, 15) is 0 Å². The van der Waals surface area contributed by atoms with Crippen LogP contribution in [0, 0.1) is 5.92 Å². The Morgan fingerprint density at radius 3 is 3.11 bits per heavy atom. The van der Waals surface area contributed by atoms with Gasteiger partial charge in [-0.1, -0.05) is 6.92 Å². The lowest BCUT2D eigenvalue weighted by molar-refractivity contribution is 0.374. The fourth-order valence-electron chi connectivity index (χ4n) is 1.18. The van der Waals surface area contributed by atoms with Crippen LogP contribution in [0.4, 0.5) is 0 Å². The molecule has 0 aromatic heterocycles. The van der Waals surface area contributed by atoms with Crippen LogP contribution in [-0.2, 0) is 0 Å². The largest absolute Gasteiger partial charge is 0.513 e. The van der Waals surface area contributed by atoms with Gasteiger partial charge >= 0.3 is 0 Å². The zero-order valence-corrected chi connectivity index (χ0v) is 5.93. The molecule has 9 heavy (non-hydrogen) atoms. The summed E-state index contributed by atoms with van der Waals surface area (Å²) in [6.45, 7) is 2.24. The fraction of sp³-hybridized carbons (Fsp3) is 0.750. The van der Waals surface area contributed by atoms with Crippen LogP contribution in [0.5, 0.6) is 0 Å². The van der Waals surface area contributed by atoms with E-state index >= 15 is 0 Å². The quantitative estimate of drug-likeness (QED) is 0.529. The molecule has 1 atom stereocenters. The molecule has 0 radical (unpaired) electrons. The lowest BCUT2D eigenvalue weighted by Crippen LogP contribution is -1.90. The first kappa shape index (κ1) is 6.66. The molecule has 1 aliphatic rings. The standard InChI is InChI=1S/C8H14O/c1-7-3-2-4-8(9)6-5-7/h4,7,9H,2-3,5-6H2,1H3/t7-/m1/s1. The summed E-state index contributed by atoms with van der Waals surface area (Å²) in [6.07, 6.45) is 6.30. The molecule has 0 aliphatic heterocycles. The van der Waals surface area contributed by atoms with E-state index < -0.39 is 0 Å². The number of aliphatic hydroxyl groups excluding tert-OH is 1. The Hall–Kier alpha value is -0.460. The maximum Gasteiger partial charge on any atom is 0.0882 e. The predicted octanol–water partition coefficient (Wildman–Crippen LogP) is 2.64. The Morgan fingerprint density at radius 1 is 1.56 bits per heavy atom. The molecule has 0 saturated heterocycles. The van der Waals surface area contributed by atoms with Crippen molar-refractivity contribution in [2.24, 2.45) is 5.92 Å². The predicted molar refractivity (Wildman–Crippen MR) is 38.3 cm³/mol. The molecule has 1 rings (SSSR count). The topological polar surface area (TPSA) is 20.2 Å². The Balaban J connectivity index is 2.39. The van der Waals surface area contributed by atoms with Crippen molar-refractivity contribution in [3.8, 4) is 0 Å². The molecule has 1 heteroatoms. The minimum absolute atomic E-state index is 0.597. The second-order valence-corrected chi connectivity index (χ2v) is 2.92. The molecule has 1 aliphatic carbocycles. The van der Waals surface area contributed by atoms with Crippen LogP contribution in [0.15, 0.2) is 11.8 Å². The first-order chi connectivity index (χ1) is 4.29. The summed E-state index contributed by atoms with van der Waals surface area (Å²) in [6, 6.07) is 0. The summed E-state index contributed by atoms with van der Waals surface area (Å²) in [5, 5.41) is 9.07. The summed E-state index contributed by atoms with van der Waals surface area (Å²) >= 11 is 0. The number of hydrogen-bond acceptors (Lipinski definition) is 1. The summed E-state index contributed by atoms with van der Waals surface area (Å²) in [5.74, 6) is 1.39. The van der Waals surface area contributed by atoms with E-state index in [1.54, 1.807) is 0 Å². The van der Waals surface area contributed by atoms with Gasteiger partial charge in [0.15, 0.2) is 0 Å². The number of aliphatic hydroxyl groups is 1. The Morgan fingerprint density at radius 2 is 2.33 bits per heavy atom. The lowest BCUT2D eigenvalue weighted by atomic mass is 10.0. The number of allylic oxidation sites excluding steroid dienone is 2. The SMILES string of the molecule is C[C@@H]1CCC=C(O)CC1. The second-order valence-electron chi connectivity index (χ2n) is 2.92. The lowest BCUT2D eigenvalue weighted by Gasteiger charge is -2.03. The summed E-state index contributed by atoms with van der Waals surface area (Å²) in [7, 11) is 0.